The maximum absolute atomic E-state index is 10.9. The topological polar surface area (TPSA) is 52.6 Å². The zero-order chi connectivity index (χ0) is 12.3. The monoisotopic (exact) mass is 226 g/mol. The predicted molar refractivity (Wildman–Crippen MR) is 58.6 cm³/mol. The molecule has 4 nitrogen and oxygen atoms in total. The van der Waals surface area contributed by atoms with Gasteiger partial charge in [0, 0.05) is 25.7 Å². The molecule has 0 aromatic rings. The molecule has 0 fully saturated rings. The molecule has 16 heavy (non-hydrogen) atoms. The van der Waals surface area contributed by atoms with E-state index in [0.29, 0.717) is 0 Å². The van der Waals surface area contributed by atoms with Crippen LogP contribution in [0.4, 0.5) is 0 Å². The van der Waals surface area contributed by atoms with Crippen LogP contribution in [0.25, 0.3) is 0 Å². The van der Waals surface area contributed by atoms with Gasteiger partial charge < -0.3 is 9.47 Å². The molecule has 1 aliphatic rings. The van der Waals surface area contributed by atoms with Gasteiger partial charge in [0.1, 0.15) is 12.2 Å². The van der Waals surface area contributed by atoms with Gasteiger partial charge in [0.25, 0.3) is 0 Å². The first-order valence-corrected chi connectivity index (χ1v) is 5.44. The number of hydrogen-bond donors (Lipinski definition) is 0. The third-order valence-corrected chi connectivity index (χ3v) is 2.96. The molecule has 4 unspecified atom stereocenters. The van der Waals surface area contributed by atoms with Crippen LogP contribution in [-0.4, -0.2) is 24.1 Å². The van der Waals surface area contributed by atoms with E-state index in [1.54, 1.807) is 12.2 Å². The molecule has 0 bridgehead atoms. The minimum atomic E-state index is -0.292. The molecule has 0 spiro atoms. The third kappa shape index (κ3) is 3.08. The molecule has 1 rings (SSSR count). The number of rotatable bonds is 2. The summed E-state index contributed by atoms with van der Waals surface area (Å²) in [4.78, 5) is 21.8. The lowest BCUT2D eigenvalue weighted by Crippen LogP contribution is -2.38. The van der Waals surface area contributed by atoms with Gasteiger partial charge in [0.05, 0.1) is 0 Å². The van der Waals surface area contributed by atoms with Crippen molar-refractivity contribution in [2.24, 2.45) is 11.8 Å². The Hall–Kier alpha value is -1.32. The van der Waals surface area contributed by atoms with Gasteiger partial charge in [-0.1, -0.05) is 13.8 Å². The molecular formula is C12H18O4. The van der Waals surface area contributed by atoms with E-state index < -0.39 is 0 Å². The van der Waals surface area contributed by atoms with Crippen molar-refractivity contribution in [3.63, 3.8) is 0 Å². The van der Waals surface area contributed by atoms with Crippen LogP contribution in [0.15, 0.2) is 12.2 Å². The predicted octanol–water partition coefficient (Wildman–Crippen LogP) is 1.69. The van der Waals surface area contributed by atoms with Crippen molar-refractivity contribution in [1.29, 1.82) is 0 Å². The maximum Gasteiger partial charge on any atom is 0.303 e. The van der Waals surface area contributed by atoms with Gasteiger partial charge >= 0.3 is 11.9 Å². The van der Waals surface area contributed by atoms with Crippen molar-refractivity contribution in [3.8, 4) is 0 Å². The van der Waals surface area contributed by atoms with Gasteiger partial charge in [-0.25, -0.2) is 0 Å². The largest absolute Gasteiger partial charge is 0.458 e. The second-order valence-corrected chi connectivity index (χ2v) is 4.25. The summed E-state index contributed by atoms with van der Waals surface area (Å²) in [5.74, 6) is -0.309. The molecule has 0 N–H and O–H groups in total. The quantitative estimate of drug-likeness (QED) is 0.531. The van der Waals surface area contributed by atoms with E-state index in [1.165, 1.54) is 13.8 Å². The van der Waals surface area contributed by atoms with Crippen molar-refractivity contribution in [2.75, 3.05) is 0 Å². The second-order valence-electron chi connectivity index (χ2n) is 4.25. The summed E-state index contributed by atoms with van der Waals surface area (Å²) in [5.41, 5.74) is 0. The summed E-state index contributed by atoms with van der Waals surface area (Å²) in [6, 6.07) is 0. The molecule has 0 saturated heterocycles. The van der Waals surface area contributed by atoms with Crippen molar-refractivity contribution in [3.05, 3.63) is 12.2 Å². The summed E-state index contributed by atoms with van der Waals surface area (Å²) in [7, 11) is 0. The van der Waals surface area contributed by atoms with E-state index in [1.807, 2.05) is 13.8 Å². The molecule has 0 aromatic heterocycles. The zero-order valence-corrected chi connectivity index (χ0v) is 10.1. The Morgan fingerprint density at radius 2 is 1.19 bits per heavy atom. The van der Waals surface area contributed by atoms with E-state index in [0.717, 1.165) is 0 Å². The molecular weight excluding hydrogens is 208 g/mol. The fourth-order valence-electron chi connectivity index (χ4n) is 1.84. The van der Waals surface area contributed by atoms with Crippen LogP contribution in [0.5, 0.6) is 0 Å². The van der Waals surface area contributed by atoms with Crippen LogP contribution in [0, 0.1) is 11.8 Å². The fourth-order valence-corrected chi connectivity index (χ4v) is 1.84. The van der Waals surface area contributed by atoms with Crippen LogP contribution in [0.1, 0.15) is 27.7 Å². The van der Waals surface area contributed by atoms with Gasteiger partial charge in [-0.15, -0.1) is 0 Å². The Kier molecular flexibility index (Phi) is 4.10. The van der Waals surface area contributed by atoms with Crippen molar-refractivity contribution in [2.45, 2.75) is 39.9 Å². The molecule has 0 amide bonds. The number of esters is 2. The molecule has 0 aliphatic heterocycles. The van der Waals surface area contributed by atoms with E-state index in [-0.39, 0.29) is 36.0 Å². The first kappa shape index (κ1) is 12.7. The summed E-state index contributed by atoms with van der Waals surface area (Å²) in [6.07, 6.45) is 3.14. The highest BCUT2D eigenvalue weighted by atomic mass is 16.6. The second kappa shape index (κ2) is 5.14. The third-order valence-electron chi connectivity index (χ3n) is 2.96. The first-order chi connectivity index (χ1) is 7.41. The SMILES string of the molecule is CC(=O)OC1C=CC(OC(C)=O)C(C)C1C. The average molecular weight is 226 g/mol. The lowest BCUT2D eigenvalue weighted by atomic mass is 9.81. The van der Waals surface area contributed by atoms with Gasteiger partial charge in [0.15, 0.2) is 0 Å². The average Bonchev–Trinajstić information content (AvgIpc) is 2.16. The maximum atomic E-state index is 10.9. The lowest BCUT2D eigenvalue weighted by molar-refractivity contribution is -0.154. The van der Waals surface area contributed by atoms with Crippen LogP contribution < -0.4 is 0 Å². The Morgan fingerprint density at radius 3 is 1.44 bits per heavy atom. The van der Waals surface area contributed by atoms with Gasteiger partial charge in [-0.05, 0) is 12.2 Å². The summed E-state index contributed by atoms with van der Waals surface area (Å²) < 4.78 is 10.3. The summed E-state index contributed by atoms with van der Waals surface area (Å²) in [5, 5.41) is 0. The molecule has 0 saturated carbocycles. The standard InChI is InChI=1S/C12H18O4/c1-7-8(2)12(16-10(4)14)6-5-11(7)15-9(3)13/h5-8,11-12H,1-4H3. The minimum absolute atomic E-state index is 0.137. The molecule has 0 heterocycles. The molecule has 0 radical (unpaired) electrons. The van der Waals surface area contributed by atoms with E-state index >= 15 is 0 Å². The molecule has 4 atom stereocenters. The van der Waals surface area contributed by atoms with Crippen molar-refractivity contribution >= 4 is 11.9 Å². The highest BCUT2D eigenvalue weighted by Gasteiger charge is 2.33. The molecule has 4 heteroatoms. The van der Waals surface area contributed by atoms with E-state index in [4.69, 9.17) is 9.47 Å². The van der Waals surface area contributed by atoms with Crippen molar-refractivity contribution in [1.82, 2.24) is 0 Å². The van der Waals surface area contributed by atoms with Crippen LogP contribution in [-0.2, 0) is 19.1 Å². The van der Waals surface area contributed by atoms with Crippen LogP contribution in [0.3, 0.4) is 0 Å². The Labute approximate surface area is 95.6 Å². The highest BCUT2D eigenvalue weighted by molar-refractivity contribution is 5.67. The number of hydrogen-bond acceptors (Lipinski definition) is 4. The smallest absolute Gasteiger partial charge is 0.303 e. The van der Waals surface area contributed by atoms with E-state index in [9.17, 15) is 9.59 Å². The Morgan fingerprint density at radius 1 is 0.875 bits per heavy atom. The van der Waals surface area contributed by atoms with Crippen LogP contribution in [0.2, 0.25) is 0 Å². The van der Waals surface area contributed by atoms with E-state index in [2.05, 4.69) is 0 Å². The zero-order valence-electron chi connectivity index (χ0n) is 10.1. The highest BCUT2D eigenvalue weighted by Crippen LogP contribution is 2.29. The minimum Gasteiger partial charge on any atom is -0.458 e. The summed E-state index contributed by atoms with van der Waals surface area (Å²) >= 11 is 0. The first-order valence-electron chi connectivity index (χ1n) is 5.44. The summed E-state index contributed by atoms with van der Waals surface area (Å²) in [6.45, 7) is 6.75. The molecule has 0 aromatic carbocycles. The van der Waals surface area contributed by atoms with Crippen molar-refractivity contribution < 1.29 is 19.1 Å². The number of carbonyl (C=O) groups is 2. The van der Waals surface area contributed by atoms with Gasteiger partial charge in [-0.3, -0.25) is 9.59 Å². The molecule has 1 aliphatic carbocycles. The van der Waals surface area contributed by atoms with Crippen LogP contribution >= 0.6 is 0 Å². The fraction of sp³-hybridized carbons (Fsp3) is 0.667. The molecule has 90 valence electrons. The number of ether oxygens (including phenoxy) is 2. The van der Waals surface area contributed by atoms with Gasteiger partial charge in [0.2, 0.25) is 0 Å². The number of carbonyl (C=O) groups excluding carboxylic acids is 2. The Bertz CT molecular complexity index is 278. The van der Waals surface area contributed by atoms with Gasteiger partial charge in [-0.2, -0.15) is 0 Å². The normalized spacial score (nSPS) is 33.2. The Balaban J connectivity index is 2.70. The lowest BCUT2D eigenvalue weighted by Gasteiger charge is -2.34.